The molecule has 3 rings (SSSR count). The number of urea groups is 1. The summed E-state index contributed by atoms with van der Waals surface area (Å²) in [5, 5.41) is 2.93. The molecule has 1 aromatic carbocycles. The van der Waals surface area contributed by atoms with Crippen LogP contribution in [-0.2, 0) is 11.2 Å². The Morgan fingerprint density at radius 2 is 1.96 bits per heavy atom. The third-order valence-corrected chi connectivity index (χ3v) is 5.96. The van der Waals surface area contributed by atoms with Crippen LogP contribution in [0.25, 0.3) is 0 Å². The number of imide groups is 1. The maximum atomic E-state index is 13.0. The van der Waals surface area contributed by atoms with Gasteiger partial charge < -0.3 is 10.1 Å². The van der Waals surface area contributed by atoms with Gasteiger partial charge in [-0.25, -0.2) is 9.69 Å². The Kier molecular flexibility index (Phi) is 6.05. The number of piperidine rings is 1. The summed E-state index contributed by atoms with van der Waals surface area (Å²) in [6, 6.07) is 8.03. The molecule has 148 valence electrons. The smallest absolute Gasteiger partial charge is 0.326 e. The topological polar surface area (TPSA) is 61.9 Å². The predicted octanol–water partition coefficient (Wildman–Crippen LogP) is 3.16. The van der Waals surface area contributed by atoms with Gasteiger partial charge in [0.2, 0.25) is 0 Å². The molecule has 6 heteroatoms. The van der Waals surface area contributed by atoms with E-state index in [0.29, 0.717) is 19.1 Å². The number of aryl methyl sites for hydroxylation is 1. The number of ether oxygens (including phenoxy) is 1. The summed E-state index contributed by atoms with van der Waals surface area (Å²) < 4.78 is 5.18. The molecule has 0 unspecified atom stereocenters. The minimum absolute atomic E-state index is 0.110. The van der Waals surface area contributed by atoms with Gasteiger partial charge >= 0.3 is 6.03 Å². The average molecular weight is 373 g/mol. The highest BCUT2D eigenvalue weighted by atomic mass is 16.5. The van der Waals surface area contributed by atoms with Gasteiger partial charge in [0.1, 0.15) is 11.3 Å². The molecule has 0 saturated carbocycles. The van der Waals surface area contributed by atoms with Crippen LogP contribution in [0.3, 0.4) is 0 Å². The number of carbonyl (C=O) groups excluding carboxylic acids is 2. The second kappa shape index (κ2) is 8.30. The van der Waals surface area contributed by atoms with Crippen molar-refractivity contribution in [1.29, 1.82) is 0 Å². The van der Waals surface area contributed by atoms with Crippen molar-refractivity contribution in [2.24, 2.45) is 0 Å². The molecule has 0 aliphatic carbocycles. The van der Waals surface area contributed by atoms with E-state index in [1.807, 2.05) is 31.2 Å². The zero-order chi connectivity index (χ0) is 19.4. The van der Waals surface area contributed by atoms with E-state index in [0.717, 1.165) is 43.5 Å². The zero-order valence-electron chi connectivity index (χ0n) is 16.7. The highest BCUT2D eigenvalue weighted by molar-refractivity contribution is 6.06. The van der Waals surface area contributed by atoms with Crippen molar-refractivity contribution in [2.75, 3.05) is 20.3 Å². The van der Waals surface area contributed by atoms with Crippen molar-refractivity contribution >= 4 is 11.9 Å². The van der Waals surface area contributed by atoms with E-state index in [4.69, 9.17) is 4.74 Å². The molecular formula is C21H31N3O3. The Morgan fingerprint density at radius 3 is 2.63 bits per heavy atom. The van der Waals surface area contributed by atoms with Crippen LogP contribution < -0.4 is 10.1 Å². The predicted molar refractivity (Wildman–Crippen MR) is 105 cm³/mol. The zero-order valence-corrected chi connectivity index (χ0v) is 16.7. The maximum absolute atomic E-state index is 13.0. The number of rotatable bonds is 7. The number of nitrogens with zero attached hydrogens (tertiary/aromatic N) is 2. The molecule has 1 N–H and O–H groups in total. The molecule has 0 spiro atoms. The lowest BCUT2D eigenvalue weighted by molar-refractivity contribution is -0.133. The standard InChI is InChI=1S/C21H31N3O3/c1-4-17-7-5-6-14-23(17)15-24-19(25)21(2,22-20(24)26)13-12-16-8-10-18(27-3)11-9-16/h8-11,17H,4-7,12-15H2,1-3H3,(H,22,26)/t17-,21+/m0/s1. The largest absolute Gasteiger partial charge is 0.497 e. The molecule has 6 nitrogen and oxygen atoms in total. The van der Waals surface area contributed by atoms with E-state index in [2.05, 4.69) is 17.1 Å². The summed E-state index contributed by atoms with van der Waals surface area (Å²) in [7, 11) is 1.64. The minimum atomic E-state index is -0.839. The highest BCUT2D eigenvalue weighted by Crippen LogP contribution is 2.26. The number of hydrogen-bond donors (Lipinski definition) is 1. The van der Waals surface area contributed by atoms with Gasteiger partial charge in [0.15, 0.2) is 0 Å². The van der Waals surface area contributed by atoms with Gasteiger partial charge in [0.05, 0.1) is 13.8 Å². The summed E-state index contributed by atoms with van der Waals surface area (Å²) in [6.07, 6.45) is 5.87. The van der Waals surface area contributed by atoms with Gasteiger partial charge in [-0.3, -0.25) is 9.69 Å². The lowest BCUT2D eigenvalue weighted by Crippen LogP contribution is -2.49. The van der Waals surface area contributed by atoms with Crippen LogP contribution in [0, 0.1) is 0 Å². The number of nitrogens with one attached hydrogen (secondary N) is 1. The van der Waals surface area contributed by atoms with Crippen molar-refractivity contribution in [3.8, 4) is 5.75 Å². The normalized spacial score (nSPS) is 26.3. The summed E-state index contributed by atoms with van der Waals surface area (Å²) in [4.78, 5) is 29.2. The Bertz CT molecular complexity index is 676. The molecule has 2 fully saturated rings. The highest BCUT2D eigenvalue weighted by Gasteiger charge is 2.48. The van der Waals surface area contributed by atoms with Crippen molar-refractivity contribution in [3.05, 3.63) is 29.8 Å². The fourth-order valence-corrected chi connectivity index (χ4v) is 4.12. The van der Waals surface area contributed by atoms with E-state index < -0.39 is 5.54 Å². The lowest BCUT2D eigenvalue weighted by Gasteiger charge is -2.37. The first-order valence-corrected chi connectivity index (χ1v) is 9.98. The molecule has 3 amide bonds. The Balaban J connectivity index is 1.62. The second-order valence-corrected chi connectivity index (χ2v) is 7.86. The molecular weight excluding hydrogens is 342 g/mol. The maximum Gasteiger partial charge on any atom is 0.326 e. The van der Waals surface area contributed by atoms with Crippen LogP contribution in [0.4, 0.5) is 4.79 Å². The lowest BCUT2D eigenvalue weighted by atomic mass is 9.93. The third kappa shape index (κ3) is 4.26. The quantitative estimate of drug-likeness (QED) is 0.746. The molecule has 2 atom stereocenters. The van der Waals surface area contributed by atoms with Gasteiger partial charge in [-0.2, -0.15) is 0 Å². The van der Waals surface area contributed by atoms with Gasteiger partial charge in [-0.15, -0.1) is 0 Å². The molecule has 2 saturated heterocycles. The monoisotopic (exact) mass is 373 g/mol. The Labute approximate surface area is 161 Å². The van der Waals surface area contributed by atoms with Crippen molar-refractivity contribution < 1.29 is 14.3 Å². The van der Waals surface area contributed by atoms with Crippen LogP contribution in [-0.4, -0.2) is 53.6 Å². The molecule has 0 radical (unpaired) electrons. The first-order chi connectivity index (χ1) is 13.0. The average Bonchev–Trinajstić information content (AvgIpc) is 2.90. The van der Waals surface area contributed by atoms with Gasteiger partial charge in [-0.1, -0.05) is 25.5 Å². The van der Waals surface area contributed by atoms with Crippen LogP contribution in [0.5, 0.6) is 5.75 Å². The van der Waals surface area contributed by atoms with E-state index in [9.17, 15) is 9.59 Å². The van der Waals surface area contributed by atoms with E-state index in [-0.39, 0.29) is 11.9 Å². The summed E-state index contributed by atoms with van der Waals surface area (Å²) in [5.74, 6) is 0.704. The van der Waals surface area contributed by atoms with Crippen LogP contribution in [0.2, 0.25) is 0 Å². The fourth-order valence-electron chi connectivity index (χ4n) is 4.12. The van der Waals surface area contributed by atoms with Gasteiger partial charge in [0.25, 0.3) is 5.91 Å². The molecule has 27 heavy (non-hydrogen) atoms. The van der Waals surface area contributed by atoms with Crippen LogP contribution in [0.1, 0.15) is 51.5 Å². The summed E-state index contributed by atoms with van der Waals surface area (Å²) >= 11 is 0. The van der Waals surface area contributed by atoms with Crippen LogP contribution in [0.15, 0.2) is 24.3 Å². The van der Waals surface area contributed by atoms with E-state index >= 15 is 0 Å². The molecule has 1 aromatic rings. The SMILES string of the molecule is CC[C@H]1CCCCN1CN1C(=O)N[C@](C)(CCc2ccc(OC)cc2)C1=O. The number of likely N-dealkylation sites (tertiary alicyclic amines) is 1. The fraction of sp³-hybridized carbons (Fsp3) is 0.619. The van der Waals surface area contributed by atoms with Crippen LogP contribution >= 0.6 is 0 Å². The van der Waals surface area contributed by atoms with Crippen molar-refractivity contribution in [3.63, 3.8) is 0 Å². The number of carbonyl (C=O) groups is 2. The molecule has 0 bridgehead atoms. The number of methoxy groups -OCH3 is 1. The first kappa shape index (κ1) is 19.7. The van der Waals surface area contributed by atoms with Gasteiger partial charge in [-0.05, 0) is 56.7 Å². The summed E-state index contributed by atoms with van der Waals surface area (Å²) in [5.41, 5.74) is 0.286. The Morgan fingerprint density at radius 1 is 1.22 bits per heavy atom. The molecule has 2 aliphatic heterocycles. The van der Waals surface area contributed by atoms with E-state index in [1.165, 1.54) is 11.3 Å². The van der Waals surface area contributed by atoms with Gasteiger partial charge in [0, 0.05) is 12.6 Å². The molecule has 2 aliphatic rings. The molecule has 2 heterocycles. The van der Waals surface area contributed by atoms with Crippen molar-refractivity contribution in [2.45, 2.75) is 64.0 Å². The number of amides is 3. The third-order valence-electron chi connectivity index (χ3n) is 5.96. The first-order valence-electron chi connectivity index (χ1n) is 9.98. The minimum Gasteiger partial charge on any atom is -0.497 e. The van der Waals surface area contributed by atoms with Crippen molar-refractivity contribution in [1.82, 2.24) is 15.1 Å². The Hall–Kier alpha value is -2.08. The van der Waals surface area contributed by atoms with E-state index in [1.54, 1.807) is 7.11 Å². The number of benzene rings is 1. The molecule has 0 aromatic heterocycles. The second-order valence-electron chi connectivity index (χ2n) is 7.86. The summed E-state index contributed by atoms with van der Waals surface area (Å²) in [6.45, 7) is 5.37. The number of hydrogen-bond acceptors (Lipinski definition) is 4.